The first kappa shape index (κ1) is 22.3. The van der Waals surface area contributed by atoms with Crippen molar-refractivity contribution in [2.24, 2.45) is 0 Å². The third-order valence-corrected chi connectivity index (χ3v) is 6.07. The third kappa shape index (κ3) is 4.27. The maximum absolute atomic E-state index is 13.3. The van der Waals surface area contributed by atoms with Crippen LogP contribution in [0.3, 0.4) is 0 Å². The van der Waals surface area contributed by atoms with Gasteiger partial charge in [0.25, 0.3) is 22.8 Å². The lowest BCUT2D eigenvalue weighted by Gasteiger charge is -2.24. The number of nitrogens with one attached hydrogen (secondary N) is 1. The van der Waals surface area contributed by atoms with Gasteiger partial charge in [0.15, 0.2) is 0 Å². The second-order valence-corrected chi connectivity index (χ2v) is 8.12. The Labute approximate surface area is 191 Å². The fourth-order valence-corrected chi connectivity index (χ4v) is 4.32. The Morgan fingerprint density at radius 3 is 2.45 bits per heavy atom. The summed E-state index contributed by atoms with van der Waals surface area (Å²) in [6.07, 6.45) is 4.52. The quantitative estimate of drug-likeness (QED) is 0.430. The number of hydrogen-bond donors (Lipinski definition) is 1. The van der Waals surface area contributed by atoms with Crippen molar-refractivity contribution < 1.29 is 14.6 Å². The molecule has 0 atom stereocenters. The van der Waals surface area contributed by atoms with Gasteiger partial charge in [-0.05, 0) is 25.0 Å². The minimum absolute atomic E-state index is 0.0775. The molecule has 1 fully saturated rings. The normalized spacial score (nSPS) is 14.2. The zero-order chi connectivity index (χ0) is 23.7. The van der Waals surface area contributed by atoms with Crippen molar-refractivity contribution in [2.75, 3.05) is 5.43 Å². The molecule has 1 heterocycles. The van der Waals surface area contributed by atoms with Crippen molar-refractivity contribution >= 4 is 39.8 Å². The summed E-state index contributed by atoms with van der Waals surface area (Å²) in [7, 11) is 0. The molecule has 1 amide bonds. The fourth-order valence-electron chi connectivity index (χ4n) is 4.05. The minimum atomic E-state index is -0.997. The number of fused-ring (bicyclic) bond motifs is 1. The second-order valence-electron chi connectivity index (χ2n) is 7.74. The molecule has 0 unspecified atom stereocenters. The number of benzene rings is 2. The van der Waals surface area contributed by atoms with Crippen molar-refractivity contribution in [3.63, 3.8) is 0 Å². The van der Waals surface area contributed by atoms with Gasteiger partial charge in [0.1, 0.15) is 10.8 Å². The highest BCUT2D eigenvalue weighted by atomic mass is 35.5. The molecule has 1 aliphatic rings. The molecule has 0 spiro atoms. The Morgan fingerprint density at radius 2 is 1.79 bits per heavy atom. The lowest BCUT2D eigenvalue weighted by Crippen LogP contribution is -2.37. The number of rotatable bonds is 5. The summed E-state index contributed by atoms with van der Waals surface area (Å²) < 4.78 is 1.03. The number of carbonyl (C=O) groups is 1. The van der Waals surface area contributed by atoms with Gasteiger partial charge in [0.2, 0.25) is 0 Å². The summed E-state index contributed by atoms with van der Waals surface area (Å²) in [4.78, 5) is 51.7. The van der Waals surface area contributed by atoms with Gasteiger partial charge in [0, 0.05) is 12.0 Å². The standard InChI is InChI=1S/C21H18ClN5O6/c22-18-15(10-13(26(30)31)11-17(18)27(32)33)20(28)24-25-19(12-6-2-1-3-7-12)23-16-9-5-4-8-14(16)21(25)29/h4-5,8-12H,1-3,6-7H2,(H,24,28). The molecule has 0 bridgehead atoms. The molecule has 0 saturated heterocycles. The number of nitro groups is 2. The topological polar surface area (TPSA) is 150 Å². The van der Waals surface area contributed by atoms with Crippen molar-refractivity contribution in [1.29, 1.82) is 0 Å². The molecule has 1 saturated carbocycles. The third-order valence-electron chi connectivity index (χ3n) is 5.68. The number of amides is 1. The van der Waals surface area contributed by atoms with Crippen LogP contribution in [0.2, 0.25) is 5.02 Å². The number of para-hydroxylation sites is 1. The molecule has 0 aliphatic heterocycles. The van der Waals surface area contributed by atoms with E-state index in [2.05, 4.69) is 10.4 Å². The predicted molar refractivity (Wildman–Crippen MR) is 120 cm³/mol. The number of carbonyl (C=O) groups excluding carboxylic acids is 1. The van der Waals surface area contributed by atoms with Crippen LogP contribution in [-0.2, 0) is 0 Å². The summed E-state index contributed by atoms with van der Waals surface area (Å²) >= 11 is 6.04. The maximum atomic E-state index is 13.3. The van der Waals surface area contributed by atoms with Gasteiger partial charge in [-0.3, -0.25) is 35.2 Å². The fraction of sp³-hybridized carbons (Fsp3) is 0.286. The first-order valence-electron chi connectivity index (χ1n) is 10.2. The van der Waals surface area contributed by atoms with Crippen molar-refractivity contribution in [2.45, 2.75) is 38.0 Å². The van der Waals surface area contributed by atoms with Crippen LogP contribution in [0.1, 0.15) is 54.2 Å². The summed E-state index contributed by atoms with van der Waals surface area (Å²) in [5.41, 5.74) is 0.441. The van der Waals surface area contributed by atoms with Crippen LogP contribution in [0.4, 0.5) is 11.4 Å². The molecule has 3 aromatic rings. The molecule has 33 heavy (non-hydrogen) atoms. The minimum Gasteiger partial charge on any atom is -0.267 e. The van der Waals surface area contributed by atoms with Crippen LogP contribution in [0.5, 0.6) is 0 Å². The van der Waals surface area contributed by atoms with E-state index in [1.54, 1.807) is 24.3 Å². The Morgan fingerprint density at radius 1 is 1.09 bits per heavy atom. The van der Waals surface area contributed by atoms with Gasteiger partial charge < -0.3 is 0 Å². The monoisotopic (exact) mass is 471 g/mol. The average molecular weight is 472 g/mol. The molecule has 2 aromatic carbocycles. The zero-order valence-electron chi connectivity index (χ0n) is 17.2. The average Bonchev–Trinajstić information content (AvgIpc) is 2.81. The Bertz CT molecular complexity index is 1350. The van der Waals surface area contributed by atoms with Crippen LogP contribution in [0.15, 0.2) is 41.2 Å². The summed E-state index contributed by atoms with van der Waals surface area (Å²) in [6.45, 7) is 0. The van der Waals surface area contributed by atoms with Gasteiger partial charge in [-0.1, -0.05) is 43.0 Å². The maximum Gasteiger partial charge on any atom is 0.295 e. The first-order valence-corrected chi connectivity index (χ1v) is 10.6. The molecule has 4 rings (SSSR count). The number of nitrogens with zero attached hydrogens (tertiary/aromatic N) is 4. The van der Waals surface area contributed by atoms with E-state index in [9.17, 15) is 29.8 Å². The number of halogens is 1. The molecule has 1 N–H and O–H groups in total. The molecule has 170 valence electrons. The van der Waals surface area contributed by atoms with E-state index in [-0.39, 0.29) is 11.3 Å². The van der Waals surface area contributed by atoms with Gasteiger partial charge in [0.05, 0.1) is 32.4 Å². The molecule has 1 aliphatic carbocycles. The second kappa shape index (κ2) is 8.94. The smallest absolute Gasteiger partial charge is 0.267 e. The first-order chi connectivity index (χ1) is 15.8. The van der Waals surface area contributed by atoms with Gasteiger partial charge in [-0.2, -0.15) is 0 Å². The van der Waals surface area contributed by atoms with Crippen molar-refractivity contribution in [3.05, 3.63) is 83.4 Å². The molecular weight excluding hydrogens is 454 g/mol. The van der Waals surface area contributed by atoms with E-state index < -0.39 is 43.3 Å². The Balaban J connectivity index is 1.84. The van der Waals surface area contributed by atoms with E-state index in [1.165, 1.54) is 0 Å². The number of aromatic nitrogens is 2. The van der Waals surface area contributed by atoms with E-state index in [0.29, 0.717) is 17.4 Å². The summed E-state index contributed by atoms with van der Waals surface area (Å²) in [6, 6.07) is 8.21. The molecule has 12 heteroatoms. The van der Waals surface area contributed by atoms with Gasteiger partial charge in [-0.15, -0.1) is 0 Å². The van der Waals surface area contributed by atoms with Gasteiger partial charge in [-0.25, -0.2) is 9.66 Å². The van der Waals surface area contributed by atoms with Crippen molar-refractivity contribution in [1.82, 2.24) is 9.66 Å². The largest absolute Gasteiger partial charge is 0.295 e. The van der Waals surface area contributed by atoms with Gasteiger partial charge >= 0.3 is 0 Å². The molecule has 1 aromatic heterocycles. The van der Waals surface area contributed by atoms with E-state index >= 15 is 0 Å². The Hall–Kier alpha value is -3.86. The molecule has 11 nitrogen and oxygen atoms in total. The van der Waals surface area contributed by atoms with E-state index in [4.69, 9.17) is 11.6 Å². The highest BCUT2D eigenvalue weighted by Gasteiger charge is 2.28. The van der Waals surface area contributed by atoms with Crippen LogP contribution in [0.25, 0.3) is 10.9 Å². The van der Waals surface area contributed by atoms with E-state index in [0.717, 1.165) is 42.8 Å². The number of hydrogen-bond acceptors (Lipinski definition) is 7. The van der Waals surface area contributed by atoms with Crippen molar-refractivity contribution in [3.8, 4) is 0 Å². The summed E-state index contributed by atoms with van der Waals surface area (Å²) in [5.74, 6) is -0.711. The van der Waals surface area contributed by atoms with E-state index in [1.807, 2.05) is 0 Å². The lowest BCUT2D eigenvalue weighted by molar-refractivity contribution is -0.394. The summed E-state index contributed by atoms with van der Waals surface area (Å²) in [5, 5.41) is 22.2. The number of nitro benzene ring substituents is 2. The zero-order valence-corrected chi connectivity index (χ0v) is 17.9. The predicted octanol–water partition coefficient (Wildman–Crippen LogP) is 4.30. The van der Waals surface area contributed by atoms with Crippen LogP contribution in [-0.4, -0.2) is 25.4 Å². The number of non-ortho nitro benzene ring substituents is 1. The highest BCUT2D eigenvalue weighted by molar-refractivity contribution is 6.36. The van der Waals surface area contributed by atoms with Crippen LogP contribution in [0, 0.1) is 20.2 Å². The SMILES string of the molecule is O=C(Nn1c(C2CCCCC2)nc2ccccc2c1=O)c1cc([N+](=O)[O-])cc([N+](=O)[O-])c1Cl. The molecular formula is C21H18ClN5O6. The highest BCUT2D eigenvalue weighted by Crippen LogP contribution is 2.34. The van der Waals surface area contributed by atoms with Crippen LogP contribution < -0.4 is 11.0 Å². The molecule has 0 radical (unpaired) electrons. The van der Waals surface area contributed by atoms with Crippen LogP contribution >= 0.6 is 11.6 Å². The lowest BCUT2D eigenvalue weighted by atomic mass is 9.88. The Kier molecular flexibility index (Phi) is 6.05.